The monoisotopic (exact) mass is 191 g/mol. The Morgan fingerprint density at radius 1 is 1.14 bits per heavy atom. The molecule has 0 aliphatic carbocycles. The van der Waals surface area contributed by atoms with E-state index in [9.17, 15) is 0 Å². The van der Waals surface area contributed by atoms with Crippen molar-refractivity contribution in [1.82, 2.24) is 0 Å². The molecule has 0 aromatic heterocycles. The number of nitrogens with zero attached hydrogens (tertiary/aromatic N) is 2. The number of benzene rings is 1. The van der Waals surface area contributed by atoms with Crippen LogP contribution in [0.4, 0.5) is 5.69 Å². The molecular weight excluding hydrogens is 174 g/mol. The van der Waals surface area contributed by atoms with Crippen molar-refractivity contribution in [3.63, 3.8) is 0 Å². The van der Waals surface area contributed by atoms with Gasteiger partial charge >= 0.3 is 0 Å². The van der Waals surface area contributed by atoms with Crippen LogP contribution in [0.25, 0.3) is 0 Å². The summed E-state index contributed by atoms with van der Waals surface area (Å²) in [6, 6.07) is 7.85. The SMILES string of the molecule is CC.Cc1ccc(N=CN=CN)cc1. The lowest BCUT2D eigenvalue weighted by atomic mass is 10.2. The fourth-order valence-corrected chi connectivity index (χ4v) is 0.769. The van der Waals surface area contributed by atoms with E-state index in [0.717, 1.165) is 5.69 Å². The minimum Gasteiger partial charge on any atom is -0.390 e. The summed E-state index contributed by atoms with van der Waals surface area (Å²) < 4.78 is 0. The molecule has 14 heavy (non-hydrogen) atoms. The van der Waals surface area contributed by atoms with Crippen molar-refractivity contribution < 1.29 is 0 Å². The normalized spacial score (nSPS) is 10.2. The largest absolute Gasteiger partial charge is 0.390 e. The predicted molar refractivity (Wildman–Crippen MR) is 63.4 cm³/mol. The molecule has 0 saturated heterocycles. The van der Waals surface area contributed by atoms with Gasteiger partial charge in [0.15, 0.2) is 0 Å². The molecule has 0 amide bonds. The molecule has 0 aliphatic rings. The van der Waals surface area contributed by atoms with Crippen molar-refractivity contribution in [3.8, 4) is 0 Å². The van der Waals surface area contributed by atoms with Gasteiger partial charge < -0.3 is 5.73 Å². The van der Waals surface area contributed by atoms with E-state index in [1.807, 2.05) is 45.0 Å². The Morgan fingerprint density at radius 3 is 2.21 bits per heavy atom. The van der Waals surface area contributed by atoms with Gasteiger partial charge in [0.25, 0.3) is 0 Å². The highest BCUT2D eigenvalue weighted by Crippen LogP contribution is 2.11. The topological polar surface area (TPSA) is 50.7 Å². The second-order valence-corrected chi connectivity index (χ2v) is 2.38. The Labute approximate surface area is 85.4 Å². The summed E-state index contributed by atoms with van der Waals surface area (Å²) in [5.41, 5.74) is 7.13. The first kappa shape index (κ1) is 12.4. The summed E-state index contributed by atoms with van der Waals surface area (Å²) in [6.07, 6.45) is 2.63. The summed E-state index contributed by atoms with van der Waals surface area (Å²) in [6.45, 7) is 6.03. The molecule has 3 nitrogen and oxygen atoms in total. The van der Waals surface area contributed by atoms with E-state index in [2.05, 4.69) is 9.98 Å². The number of nitrogens with two attached hydrogens (primary N) is 1. The van der Waals surface area contributed by atoms with Gasteiger partial charge in [0, 0.05) is 0 Å². The quantitative estimate of drug-likeness (QED) is 0.567. The number of aliphatic imine (C=N–C) groups is 2. The lowest BCUT2D eigenvalue weighted by Crippen LogP contribution is -1.87. The third kappa shape index (κ3) is 5.09. The molecular formula is C11H17N3. The molecule has 1 aromatic carbocycles. The van der Waals surface area contributed by atoms with E-state index in [1.54, 1.807) is 0 Å². The molecule has 76 valence electrons. The molecule has 0 bridgehead atoms. The standard InChI is InChI=1S/C9H11N3.C2H6/c1-8-2-4-9(5-3-8)12-7-11-6-10;1-2/h2-7H,1H3,(H2,10,11,12);1-2H3. The molecule has 1 aromatic rings. The summed E-state index contributed by atoms with van der Waals surface area (Å²) in [4.78, 5) is 7.68. The van der Waals surface area contributed by atoms with Gasteiger partial charge in [-0.1, -0.05) is 31.5 Å². The van der Waals surface area contributed by atoms with Gasteiger partial charge in [-0.15, -0.1) is 0 Å². The van der Waals surface area contributed by atoms with Crippen LogP contribution >= 0.6 is 0 Å². The van der Waals surface area contributed by atoms with Crippen LogP contribution in [-0.2, 0) is 0 Å². The van der Waals surface area contributed by atoms with E-state index >= 15 is 0 Å². The molecule has 0 aliphatic heterocycles. The Hall–Kier alpha value is -1.64. The van der Waals surface area contributed by atoms with E-state index < -0.39 is 0 Å². The number of hydrogen-bond donors (Lipinski definition) is 1. The Morgan fingerprint density at radius 2 is 1.71 bits per heavy atom. The smallest absolute Gasteiger partial charge is 0.117 e. The molecule has 0 radical (unpaired) electrons. The fraction of sp³-hybridized carbons (Fsp3) is 0.273. The van der Waals surface area contributed by atoms with Gasteiger partial charge in [0.2, 0.25) is 0 Å². The highest BCUT2D eigenvalue weighted by molar-refractivity contribution is 5.71. The molecule has 0 heterocycles. The van der Waals surface area contributed by atoms with E-state index in [4.69, 9.17) is 5.73 Å². The Balaban J connectivity index is 0.000000791. The van der Waals surface area contributed by atoms with E-state index in [-0.39, 0.29) is 0 Å². The maximum atomic E-state index is 5.03. The van der Waals surface area contributed by atoms with Crippen molar-refractivity contribution in [2.45, 2.75) is 20.8 Å². The number of rotatable bonds is 2. The zero-order chi connectivity index (χ0) is 10.8. The zero-order valence-electron chi connectivity index (χ0n) is 8.94. The van der Waals surface area contributed by atoms with Crippen LogP contribution in [0.15, 0.2) is 34.3 Å². The van der Waals surface area contributed by atoms with Crippen molar-refractivity contribution >= 4 is 18.4 Å². The summed E-state index contributed by atoms with van der Waals surface area (Å²) in [5.74, 6) is 0. The maximum absolute atomic E-state index is 5.03. The van der Waals surface area contributed by atoms with Gasteiger partial charge in [0.05, 0.1) is 12.0 Å². The number of aryl methyl sites for hydroxylation is 1. The van der Waals surface area contributed by atoms with E-state index in [0.29, 0.717) is 0 Å². The Kier molecular flexibility index (Phi) is 7.05. The third-order valence-electron chi connectivity index (χ3n) is 1.39. The van der Waals surface area contributed by atoms with Crippen LogP contribution in [0.1, 0.15) is 19.4 Å². The van der Waals surface area contributed by atoms with Crippen LogP contribution in [0.3, 0.4) is 0 Å². The summed E-state index contributed by atoms with van der Waals surface area (Å²) in [7, 11) is 0. The lowest BCUT2D eigenvalue weighted by molar-refractivity contribution is 1.43. The second-order valence-electron chi connectivity index (χ2n) is 2.38. The van der Waals surface area contributed by atoms with Crippen molar-refractivity contribution in [1.29, 1.82) is 0 Å². The van der Waals surface area contributed by atoms with Crippen LogP contribution in [-0.4, -0.2) is 12.7 Å². The average Bonchev–Trinajstić information content (AvgIpc) is 2.24. The van der Waals surface area contributed by atoms with Gasteiger partial charge in [-0.2, -0.15) is 0 Å². The molecule has 0 atom stereocenters. The average molecular weight is 191 g/mol. The van der Waals surface area contributed by atoms with Crippen LogP contribution in [0, 0.1) is 6.92 Å². The van der Waals surface area contributed by atoms with Crippen LogP contribution < -0.4 is 5.73 Å². The first-order chi connectivity index (χ1) is 6.83. The van der Waals surface area contributed by atoms with Crippen molar-refractivity contribution in [2.75, 3.05) is 0 Å². The second kappa shape index (κ2) is 7.98. The van der Waals surface area contributed by atoms with Crippen LogP contribution in [0.2, 0.25) is 0 Å². The highest BCUT2D eigenvalue weighted by atomic mass is 14.9. The van der Waals surface area contributed by atoms with Gasteiger partial charge in [-0.3, -0.25) is 0 Å². The van der Waals surface area contributed by atoms with Crippen molar-refractivity contribution in [3.05, 3.63) is 29.8 Å². The fourth-order valence-electron chi connectivity index (χ4n) is 0.769. The molecule has 0 fully saturated rings. The first-order valence-electron chi connectivity index (χ1n) is 4.65. The molecule has 1 rings (SSSR count). The lowest BCUT2D eigenvalue weighted by Gasteiger charge is -1.92. The van der Waals surface area contributed by atoms with E-state index in [1.165, 1.54) is 18.2 Å². The molecule has 2 N–H and O–H groups in total. The minimum absolute atomic E-state index is 0.881. The highest BCUT2D eigenvalue weighted by Gasteiger charge is 1.85. The summed E-state index contributed by atoms with van der Waals surface area (Å²) >= 11 is 0. The number of hydrogen-bond acceptors (Lipinski definition) is 1. The van der Waals surface area contributed by atoms with Gasteiger partial charge in [-0.05, 0) is 19.1 Å². The molecule has 0 unspecified atom stereocenters. The molecule has 3 heteroatoms. The summed E-state index contributed by atoms with van der Waals surface area (Å²) in [5, 5.41) is 0. The maximum Gasteiger partial charge on any atom is 0.117 e. The molecule has 0 spiro atoms. The molecule has 0 saturated carbocycles. The van der Waals surface area contributed by atoms with Gasteiger partial charge in [-0.25, -0.2) is 9.98 Å². The Bertz CT molecular complexity index is 286. The minimum atomic E-state index is 0.881. The van der Waals surface area contributed by atoms with Crippen molar-refractivity contribution in [2.24, 2.45) is 15.7 Å². The van der Waals surface area contributed by atoms with Gasteiger partial charge in [0.1, 0.15) is 6.34 Å². The predicted octanol–water partition coefficient (Wildman–Crippen LogP) is 2.67. The zero-order valence-corrected chi connectivity index (χ0v) is 8.94. The first-order valence-corrected chi connectivity index (χ1v) is 4.65. The third-order valence-corrected chi connectivity index (χ3v) is 1.39. The van der Waals surface area contributed by atoms with Crippen LogP contribution in [0.5, 0.6) is 0 Å².